The summed E-state index contributed by atoms with van der Waals surface area (Å²) in [5.74, 6) is 0. The van der Waals surface area contributed by atoms with Crippen LogP contribution in [0.5, 0.6) is 0 Å². The lowest BCUT2D eigenvalue weighted by Gasteiger charge is -2.15. The van der Waals surface area contributed by atoms with Crippen LogP contribution < -0.4 is 0 Å². The minimum atomic E-state index is 0.535. The fourth-order valence-electron chi connectivity index (χ4n) is 7.42. The van der Waals surface area contributed by atoms with Crippen LogP contribution in [0.3, 0.4) is 0 Å². The van der Waals surface area contributed by atoms with E-state index in [4.69, 9.17) is 0 Å². The number of aromatic nitrogens is 2. The van der Waals surface area contributed by atoms with Crippen LogP contribution in [-0.4, -0.2) is 9.13 Å². The maximum Gasteiger partial charge on any atom is 0.0998 e. The molecule has 0 aliphatic heterocycles. The Bertz CT molecular complexity index is 2900. The number of rotatable bonds is 4. The van der Waals surface area contributed by atoms with Crippen LogP contribution >= 0.6 is 0 Å². The number of para-hydroxylation sites is 3. The Morgan fingerprint density at radius 3 is 1.76 bits per heavy atom. The molecule has 0 amide bonds. The van der Waals surface area contributed by atoms with Crippen molar-refractivity contribution >= 4 is 43.6 Å². The number of nitrogens with zero attached hydrogens (tertiary/aromatic N) is 5. The van der Waals surface area contributed by atoms with Crippen molar-refractivity contribution in [1.29, 1.82) is 15.8 Å². The summed E-state index contributed by atoms with van der Waals surface area (Å²) in [5.41, 5.74) is 11.5. The summed E-state index contributed by atoms with van der Waals surface area (Å²) in [6.07, 6.45) is 0. The van der Waals surface area contributed by atoms with Crippen molar-refractivity contribution in [3.8, 4) is 51.8 Å². The van der Waals surface area contributed by atoms with E-state index in [1.807, 2.05) is 60.7 Å². The molecule has 0 unspecified atom stereocenters. The SMILES string of the molecule is N#Cc1cc(-c2ccc(-n3c4ccccc4c4ccccc43)cc2)cc(-c2ccccc2-n2c3ccc(C#N)cc3c3c(C#N)cccc32)c1. The van der Waals surface area contributed by atoms with Gasteiger partial charge >= 0.3 is 0 Å². The molecule has 5 heteroatoms. The molecule has 0 atom stereocenters. The highest BCUT2D eigenvalue weighted by Gasteiger charge is 2.19. The van der Waals surface area contributed by atoms with Crippen molar-refractivity contribution in [1.82, 2.24) is 9.13 Å². The van der Waals surface area contributed by atoms with Gasteiger partial charge in [-0.25, -0.2) is 0 Å². The van der Waals surface area contributed by atoms with Crippen molar-refractivity contribution in [3.05, 3.63) is 168 Å². The van der Waals surface area contributed by atoms with Gasteiger partial charge in [0.15, 0.2) is 0 Å². The lowest BCUT2D eigenvalue weighted by atomic mass is 9.95. The Balaban J connectivity index is 1.20. The number of hydrogen-bond donors (Lipinski definition) is 0. The second-order valence-corrected chi connectivity index (χ2v) is 12.3. The average molecular weight is 636 g/mol. The lowest BCUT2D eigenvalue weighted by Crippen LogP contribution is -1.98. The molecule has 0 N–H and O–H groups in total. The monoisotopic (exact) mass is 635 g/mol. The minimum absolute atomic E-state index is 0.535. The molecule has 2 heterocycles. The standard InChI is InChI=1S/C45H25N5/c46-26-29-16-21-43-39(24-29)45-32(28-48)8-7-15-44(45)50(43)40-12-4-1-9-36(40)34-23-30(27-47)22-33(25-34)31-17-19-35(20-18-31)49-41-13-5-2-10-37(41)38-11-3-6-14-42(38)49/h1-25H. The van der Waals surface area contributed by atoms with E-state index in [0.29, 0.717) is 16.7 Å². The van der Waals surface area contributed by atoms with Crippen molar-refractivity contribution in [2.45, 2.75) is 0 Å². The van der Waals surface area contributed by atoms with Gasteiger partial charge in [0, 0.05) is 32.8 Å². The highest BCUT2D eigenvalue weighted by Crippen LogP contribution is 2.39. The molecule has 9 rings (SSSR count). The Kier molecular flexibility index (Phi) is 6.56. The van der Waals surface area contributed by atoms with E-state index >= 15 is 0 Å². The zero-order valence-corrected chi connectivity index (χ0v) is 26.7. The number of hydrogen-bond acceptors (Lipinski definition) is 3. The van der Waals surface area contributed by atoms with Crippen molar-refractivity contribution in [2.75, 3.05) is 0 Å². The topological polar surface area (TPSA) is 81.2 Å². The van der Waals surface area contributed by atoms with Gasteiger partial charge < -0.3 is 9.13 Å². The van der Waals surface area contributed by atoms with Gasteiger partial charge in [-0.2, -0.15) is 15.8 Å². The molecule has 0 radical (unpaired) electrons. The van der Waals surface area contributed by atoms with Crippen molar-refractivity contribution in [3.63, 3.8) is 0 Å². The zero-order valence-electron chi connectivity index (χ0n) is 26.7. The van der Waals surface area contributed by atoms with E-state index in [9.17, 15) is 15.8 Å². The van der Waals surface area contributed by atoms with Gasteiger partial charge in [0.05, 0.1) is 62.7 Å². The zero-order chi connectivity index (χ0) is 33.8. The molecule has 0 aliphatic carbocycles. The Labute approximate surface area is 287 Å². The Morgan fingerprint density at radius 2 is 1.04 bits per heavy atom. The normalized spacial score (nSPS) is 11.1. The maximum atomic E-state index is 10.2. The van der Waals surface area contributed by atoms with Crippen LogP contribution in [0.15, 0.2) is 152 Å². The molecule has 50 heavy (non-hydrogen) atoms. The molecule has 230 valence electrons. The number of benzene rings is 7. The maximum absolute atomic E-state index is 10.2. The number of nitriles is 3. The quantitative estimate of drug-likeness (QED) is 0.193. The predicted molar refractivity (Wildman–Crippen MR) is 200 cm³/mol. The lowest BCUT2D eigenvalue weighted by molar-refractivity contribution is 1.18. The molecule has 0 spiro atoms. The second kappa shape index (κ2) is 11.4. The highest BCUT2D eigenvalue weighted by atomic mass is 15.0. The first-order valence-corrected chi connectivity index (χ1v) is 16.3. The molecule has 0 fully saturated rings. The molecule has 9 aromatic rings. The molecule has 2 aromatic heterocycles. The van der Waals surface area contributed by atoms with Crippen LogP contribution in [-0.2, 0) is 0 Å². The van der Waals surface area contributed by atoms with Crippen molar-refractivity contribution < 1.29 is 0 Å². The van der Waals surface area contributed by atoms with Gasteiger partial charge in [-0.3, -0.25) is 0 Å². The molecule has 0 saturated carbocycles. The first-order chi connectivity index (χ1) is 24.7. The minimum Gasteiger partial charge on any atom is -0.309 e. The first kappa shape index (κ1) is 28.8. The van der Waals surface area contributed by atoms with Gasteiger partial charge in [0.25, 0.3) is 0 Å². The molecule has 0 saturated heterocycles. The Morgan fingerprint density at radius 1 is 0.400 bits per heavy atom. The van der Waals surface area contributed by atoms with Gasteiger partial charge in [-0.15, -0.1) is 0 Å². The van der Waals surface area contributed by atoms with E-state index in [1.54, 1.807) is 0 Å². The van der Waals surface area contributed by atoms with E-state index < -0.39 is 0 Å². The van der Waals surface area contributed by atoms with E-state index in [-0.39, 0.29) is 0 Å². The number of fused-ring (bicyclic) bond motifs is 6. The van der Waals surface area contributed by atoms with Crippen LogP contribution in [0.2, 0.25) is 0 Å². The summed E-state index contributed by atoms with van der Waals surface area (Å²) < 4.78 is 4.45. The highest BCUT2D eigenvalue weighted by molar-refractivity contribution is 6.13. The molecule has 0 aliphatic rings. The van der Waals surface area contributed by atoms with Crippen LogP contribution in [0.1, 0.15) is 16.7 Å². The van der Waals surface area contributed by atoms with Crippen molar-refractivity contribution in [2.24, 2.45) is 0 Å². The molecular formula is C45H25N5. The van der Waals surface area contributed by atoms with E-state index in [0.717, 1.165) is 66.5 Å². The average Bonchev–Trinajstić information content (AvgIpc) is 3.70. The Hall–Kier alpha value is -7.39. The van der Waals surface area contributed by atoms with E-state index in [2.05, 4.69) is 118 Å². The fraction of sp³-hybridized carbons (Fsp3) is 0. The summed E-state index contributed by atoms with van der Waals surface area (Å²) in [4.78, 5) is 0. The van der Waals surface area contributed by atoms with Gasteiger partial charge in [-0.05, 0) is 95.6 Å². The van der Waals surface area contributed by atoms with Crippen LogP contribution in [0, 0.1) is 34.0 Å². The second-order valence-electron chi connectivity index (χ2n) is 12.3. The summed E-state index contributed by atoms with van der Waals surface area (Å²) in [7, 11) is 0. The van der Waals surface area contributed by atoms with Gasteiger partial charge in [0.2, 0.25) is 0 Å². The van der Waals surface area contributed by atoms with E-state index in [1.165, 1.54) is 10.8 Å². The molecule has 0 bridgehead atoms. The third-order valence-corrected chi connectivity index (χ3v) is 9.60. The molecular weight excluding hydrogens is 611 g/mol. The summed E-state index contributed by atoms with van der Waals surface area (Å²) >= 11 is 0. The first-order valence-electron chi connectivity index (χ1n) is 16.3. The largest absolute Gasteiger partial charge is 0.309 e. The molecule has 7 aromatic carbocycles. The van der Waals surface area contributed by atoms with Crippen LogP contribution in [0.4, 0.5) is 0 Å². The van der Waals surface area contributed by atoms with Gasteiger partial charge in [-0.1, -0.05) is 72.8 Å². The molecule has 5 nitrogen and oxygen atoms in total. The van der Waals surface area contributed by atoms with Gasteiger partial charge in [0.1, 0.15) is 0 Å². The van der Waals surface area contributed by atoms with Crippen LogP contribution in [0.25, 0.3) is 77.2 Å². The summed E-state index contributed by atoms with van der Waals surface area (Å²) in [5, 5.41) is 34.0. The predicted octanol–water partition coefficient (Wildman–Crippen LogP) is 10.8. The fourth-order valence-corrected chi connectivity index (χ4v) is 7.42. The third kappa shape index (κ3) is 4.38. The smallest absolute Gasteiger partial charge is 0.0998 e. The third-order valence-electron chi connectivity index (χ3n) is 9.60. The summed E-state index contributed by atoms with van der Waals surface area (Å²) in [6.45, 7) is 0. The summed E-state index contributed by atoms with van der Waals surface area (Å²) in [6, 6.07) is 57.9.